The summed E-state index contributed by atoms with van der Waals surface area (Å²) in [5, 5.41) is 14.0. The number of nitro benzene ring substituents is 1. The van der Waals surface area contributed by atoms with E-state index in [1.54, 1.807) is 12.1 Å². The fourth-order valence-corrected chi connectivity index (χ4v) is 2.02. The third kappa shape index (κ3) is 2.87. The molecule has 0 spiro atoms. The van der Waals surface area contributed by atoms with Gasteiger partial charge in [0.05, 0.1) is 4.92 Å². The molecule has 0 aliphatic rings. The summed E-state index contributed by atoms with van der Waals surface area (Å²) >= 11 is 3.36. The summed E-state index contributed by atoms with van der Waals surface area (Å²) in [7, 11) is 0. The molecule has 0 saturated carbocycles. The number of nitrogens with one attached hydrogen (secondary N) is 1. The zero-order valence-electron chi connectivity index (χ0n) is 9.68. The number of hydrogen-bond donors (Lipinski definition) is 1. The lowest BCUT2D eigenvalue weighted by Gasteiger charge is -2.08. The number of aryl methyl sites for hydroxylation is 1. The molecule has 2 aromatic carbocycles. The molecular formula is C13H11BrN2O2. The molecule has 4 nitrogen and oxygen atoms in total. The first-order chi connectivity index (χ1) is 8.56. The first kappa shape index (κ1) is 12.6. The Morgan fingerprint density at radius 3 is 2.67 bits per heavy atom. The van der Waals surface area contributed by atoms with Crippen LogP contribution in [0.3, 0.4) is 0 Å². The molecule has 0 bridgehead atoms. The van der Waals surface area contributed by atoms with Crippen LogP contribution in [-0.4, -0.2) is 4.92 Å². The molecule has 18 heavy (non-hydrogen) atoms. The Morgan fingerprint density at radius 2 is 2.00 bits per heavy atom. The second kappa shape index (κ2) is 5.18. The SMILES string of the molecule is Cc1ccc(Nc2cccc(Br)c2)c([N+](=O)[O-])c1. The number of rotatable bonds is 3. The summed E-state index contributed by atoms with van der Waals surface area (Å²) in [5.74, 6) is 0. The minimum Gasteiger partial charge on any atom is -0.350 e. The number of nitrogens with zero attached hydrogens (tertiary/aromatic N) is 1. The van der Waals surface area contributed by atoms with Crippen LogP contribution in [0.1, 0.15) is 5.56 Å². The lowest BCUT2D eigenvalue weighted by Crippen LogP contribution is -1.97. The minimum absolute atomic E-state index is 0.0787. The first-order valence-corrected chi connectivity index (χ1v) is 6.13. The average molecular weight is 307 g/mol. The molecule has 1 N–H and O–H groups in total. The van der Waals surface area contributed by atoms with Crippen molar-refractivity contribution in [3.8, 4) is 0 Å². The highest BCUT2D eigenvalue weighted by molar-refractivity contribution is 9.10. The van der Waals surface area contributed by atoms with Crippen molar-refractivity contribution in [3.63, 3.8) is 0 Å². The van der Waals surface area contributed by atoms with E-state index in [0.717, 1.165) is 15.7 Å². The highest BCUT2D eigenvalue weighted by atomic mass is 79.9. The molecule has 0 aromatic heterocycles. The topological polar surface area (TPSA) is 55.2 Å². The molecule has 92 valence electrons. The van der Waals surface area contributed by atoms with Crippen LogP contribution >= 0.6 is 15.9 Å². The number of halogens is 1. The van der Waals surface area contributed by atoms with Crippen molar-refractivity contribution in [3.05, 3.63) is 62.6 Å². The van der Waals surface area contributed by atoms with Gasteiger partial charge in [-0.2, -0.15) is 0 Å². The summed E-state index contributed by atoms with van der Waals surface area (Å²) in [6, 6.07) is 12.6. The molecule has 0 aliphatic heterocycles. The summed E-state index contributed by atoms with van der Waals surface area (Å²) in [6.07, 6.45) is 0. The van der Waals surface area contributed by atoms with E-state index in [9.17, 15) is 10.1 Å². The third-order valence-electron chi connectivity index (χ3n) is 2.45. The van der Waals surface area contributed by atoms with Gasteiger partial charge in [-0.3, -0.25) is 10.1 Å². The molecule has 0 fully saturated rings. The molecule has 2 aromatic rings. The van der Waals surface area contributed by atoms with Crippen molar-refractivity contribution in [2.75, 3.05) is 5.32 Å². The fourth-order valence-electron chi connectivity index (χ4n) is 1.62. The van der Waals surface area contributed by atoms with Gasteiger partial charge in [-0.05, 0) is 36.8 Å². The van der Waals surface area contributed by atoms with Crippen LogP contribution < -0.4 is 5.32 Å². The summed E-state index contributed by atoms with van der Waals surface area (Å²) in [5.41, 5.74) is 2.23. The Hall–Kier alpha value is -1.88. The Bertz CT molecular complexity index is 599. The van der Waals surface area contributed by atoms with Gasteiger partial charge >= 0.3 is 0 Å². The van der Waals surface area contributed by atoms with Gasteiger partial charge in [-0.1, -0.05) is 28.1 Å². The van der Waals surface area contributed by atoms with E-state index < -0.39 is 0 Å². The quantitative estimate of drug-likeness (QED) is 0.675. The number of nitro groups is 1. The maximum absolute atomic E-state index is 11.0. The maximum Gasteiger partial charge on any atom is 0.292 e. The minimum atomic E-state index is -0.382. The Labute approximate surface area is 113 Å². The van der Waals surface area contributed by atoms with Crippen molar-refractivity contribution in [2.45, 2.75) is 6.92 Å². The van der Waals surface area contributed by atoms with Crippen molar-refractivity contribution in [1.29, 1.82) is 0 Å². The first-order valence-electron chi connectivity index (χ1n) is 5.34. The van der Waals surface area contributed by atoms with Gasteiger partial charge in [0.15, 0.2) is 0 Å². The Kier molecular flexibility index (Phi) is 3.62. The summed E-state index contributed by atoms with van der Waals surface area (Å²) in [4.78, 5) is 10.6. The average Bonchev–Trinajstić information content (AvgIpc) is 2.31. The molecule has 0 heterocycles. The van der Waals surface area contributed by atoms with Crippen molar-refractivity contribution in [1.82, 2.24) is 0 Å². The molecular weight excluding hydrogens is 296 g/mol. The molecule has 5 heteroatoms. The van der Waals surface area contributed by atoms with E-state index in [0.29, 0.717) is 5.69 Å². The molecule has 2 rings (SSSR count). The number of benzene rings is 2. The zero-order valence-corrected chi connectivity index (χ0v) is 11.3. The Morgan fingerprint density at radius 1 is 1.22 bits per heavy atom. The van der Waals surface area contributed by atoms with Crippen LogP contribution in [-0.2, 0) is 0 Å². The monoisotopic (exact) mass is 306 g/mol. The van der Waals surface area contributed by atoms with E-state index in [1.165, 1.54) is 0 Å². The molecule has 0 amide bonds. The molecule has 0 aliphatic carbocycles. The molecule has 0 atom stereocenters. The Balaban J connectivity index is 2.37. The molecule has 0 saturated heterocycles. The highest BCUT2D eigenvalue weighted by Gasteiger charge is 2.13. The highest BCUT2D eigenvalue weighted by Crippen LogP contribution is 2.29. The van der Waals surface area contributed by atoms with Gasteiger partial charge in [0.2, 0.25) is 0 Å². The maximum atomic E-state index is 11.0. The van der Waals surface area contributed by atoms with E-state index in [2.05, 4.69) is 21.2 Å². The van der Waals surface area contributed by atoms with Crippen LogP contribution in [0.15, 0.2) is 46.9 Å². The smallest absolute Gasteiger partial charge is 0.292 e. The summed E-state index contributed by atoms with van der Waals surface area (Å²) in [6.45, 7) is 1.83. The van der Waals surface area contributed by atoms with Gasteiger partial charge in [0.25, 0.3) is 5.69 Å². The van der Waals surface area contributed by atoms with Crippen molar-refractivity contribution < 1.29 is 4.92 Å². The van der Waals surface area contributed by atoms with Gasteiger partial charge in [0, 0.05) is 16.2 Å². The molecule has 0 unspecified atom stereocenters. The predicted molar refractivity (Wildman–Crippen MR) is 75.3 cm³/mol. The van der Waals surface area contributed by atoms with Gasteiger partial charge in [0.1, 0.15) is 5.69 Å². The standard InChI is InChI=1S/C13H11BrN2O2/c1-9-5-6-12(13(7-9)16(17)18)15-11-4-2-3-10(14)8-11/h2-8,15H,1H3. The van der Waals surface area contributed by atoms with E-state index in [-0.39, 0.29) is 10.6 Å². The molecule has 0 radical (unpaired) electrons. The normalized spacial score (nSPS) is 10.1. The van der Waals surface area contributed by atoms with Crippen molar-refractivity contribution in [2.24, 2.45) is 0 Å². The predicted octanol–water partition coefficient (Wildman–Crippen LogP) is 4.41. The summed E-state index contributed by atoms with van der Waals surface area (Å²) < 4.78 is 0.919. The van der Waals surface area contributed by atoms with Gasteiger partial charge in [-0.15, -0.1) is 0 Å². The van der Waals surface area contributed by atoms with Crippen LogP contribution in [0.4, 0.5) is 17.1 Å². The lowest BCUT2D eigenvalue weighted by molar-refractivity contribution is -0.384. The van der Waals surface area contributed by atoms with Gasteiger partial charge < -0.3 is 5.32 Å². The second-order valence-corrected chi connectivity index (χ2v) is 4.83. The number of hydrogen-bond acceptors (Lipinski definition) is 3. The van der Waals surface area contributed by atoms with Crippen LogP contribution in [0, 0.1) is 17.0 Å². The lowest BCUT2D eigenvalue weighted by atomic mass is 10.2. The van der Waals surface area contributed by atoms with E-state index >= 15 is 0 Å². The fraction of sp³-hybridized carbons (Fsp3) is 0.0769. The second-order valence-electron chi connectivity index (χ2n) is 3.91. The largest absolute Gasteiger partial charge is 0.350 e. The zero-order chi connectivity index (χ0) is 13.1. The van der Waals surface area contributed by atoms with Crippen LogP contribution in [0.25, 0.3) is 0 Å². The van der Waals surface area contributed by atoms with E-state index in [1.807, 2.05) is 37.3 Å². The third-order valence-corrected chi connectivity index (χ3v) is 2.95. The van der Waals surface area contributed by atoms with Crippen LogP contribution in [0.5, 0.6) is 0 Å². The van der Waals surface area contributed by atoms with Crippen LogP contribution in [0.2, 0.25) is 0 Å². The van der Waals surface area contributed by atoms with Gasteiger partial charge in [-0.25, -0.2) is 0 Å². The van der Waals surface area contributed by atoms with E-state index in [4.69, 9.17) is 0 Å². The van der Waals surface area contributed by atoms with Crippen molar-refractivity contribution >= 4 is 33.0 Å². The number of anilines is 2.